The molecule has 0 aliphatic carbocycles. The van der Waals surface area contributed by atoms with Crippen molar-refractivity contribution in [2.75, 3.05) is 5.75 Å². The Morgan fingerprint density at radius 2 is 2.21 bits per heavy atom. The van der Waals surface area contributed by atoms with Crippen LogP contribution in [0.15, 0.2) is 46.2 Å². The van der Waals surface area contributed by atoms with Crippen molar-refractivity contribution in [1.29, 1.82) is 0 Å². The Morgan fingerprint density at radius 1 is 1.39 bits per heavy atom. The molecule has 1 amide bonds. The van der Waals surface area contributed by atoms with E-state index in [2.05, 4.69) is 15.5 Å². The molecule has 0 radical (unpaired) electrons. The van der Waals surface area contributed by atoms with E-state index < -0.39 is 0 Å². The number of benzene rings is 1. The molecule has 148 valence electrons. The molecule has 1 N–H and O–H groups in total. The molecule has 0 aliphatic rings. The first kappa shape index (κ1) is 20.3. The zero-order chi connectivity index (χ0) is 20.1. The normalized spacial score (nSPS) is 12.0. The van der Waals surface area contributed by atoms with E-state index >= 15 is 0 Å². The van der Waals surface area contributed by atoms with Crippen LogP contribution in [-0.2, 0) is 18.4 Å². The molecule has 2 heterocycles. The third kappa shape index (κ3) is 5.08. The third-order valence-electron chi connectivity index (χ3n) is 4.05. The largest absolute Gasteiger partial charge is 0.482 e. The number of ether oxygens (including phenoxy) is 1. The summed E-state index contributed by atoms with van der Waals surface area (Å²) in [6.07, 6.45) is 1.27. The van der Waals surface area contributed by atoms with Gasteiger partial charge in [-0.3, -0.25) is 4.79 Å². The molecule has 2 aromatic heterocycles. The number of nitrogens with one attached hydrogen (secondary N) is 1. The van der Waals surface area contributed by atoms with Crippen molar-refractivity contribution in [2.45, 2.75) is 31.7 Å². The number of aromatic nitrogens is 3. The van der Waals surface area contributed by atoms with Gasteiger partial charge in [0.15, 0.2) is 17.1 Å². The molecule has 7 nitrogen and oxygen atoms in total. The average molecular weight is 421 g/mol. The Bertz CT molecular complexity index is 943. The van der Waals surface area contributed by atoms with Crippen molar-refractivity contribution in [3.8, 4) is 5.75 Å². The maximum Gasteiger partial charge on any atom is 0.230 e. The van der Waals surface area contributed by atoms with E-state index in [1.807, 2.05) is 43.7 Å². The van der Waals surface area contributed by atoms with Crippen molar-refractivity contribution in [2.24, 2.45) is 7.05 Å². The number of hydrogen-bond donors (Lipinski definition) is 1. The number of furan rings is 1. The van der Waals surface area contributed by atoms with Gasteiger partial charge >= 0.3 is 0 Å². The number of carbonyl (C=O) groups is 1. The topological polar surface area (TPSA) is 82.2 Å². The number of nitrogens with zero attached hydrogens (tertiary/aromatic N) is 3. The van der Waals surface area contributed by atoms with Crippen LogP contribution in [0.3, 0.4) is 0 Å². The Hall–Kier alpha value is -2.45. The van der Waals surface area contributed by atoms with Gasteiger partial charge in [-0.25, -0.2) is 0 Å². The first-order valence-corrected chi connectivity index (χ1v) is 10.0. The van der Waals surface area contributed by atoms with Crippen LogP contribution in [0.1, 0.15) is 30.2 Å². The molecule has 0 saturated heterocycles. The van der Waals surface area contributed by atoms with E-state index in [1.165, 1.54) is 11.8 Å². The summed E-state index contributed by atoms with van der Waals surface area (Å²) in [5, 5.41) is 12.5. The van der Waals surface area contributed by atoms with Crippen LogP contribution in [-0.4, -0.2) is 26.4 Å². The number of carbonyl (C=O) groups excluding carboxylic acids is 1. The van der Waals surface area contributed by atoms with Gasteiger partial charge in [-0.15, -0.1) is 10.2 Å². The van der Waals surface area contributed by atoms with Gasteiger partial charge in [0.1, 0.15) is 11.5 Å². The lowest BCUT2D eigenvalue weighted by Gasteiger charge is -2.16. The lowest BCUT2D eigenvalue weighted by Crippen LogP contribution is -2.24. The first-order chi connectivity index (χ1) is 13.4. The van der Waals surface area contributed by atoms with Gasteiger partial charge in [0.25, 0.3) is 0 Å². The summed E-state index contributed by atoms with van der Waals surface area (Å²) in [6, 6.07) is 9.07. The maximum atomic E-state index is 12.0. The highest BCUT2D eigenvalue weighted by Gasteiger charge is 2.18. The van der Waals surface area contributed by atoms with Crippen LogP contribution in [0.5, 0.6) is 5.75 Å². The minimum Gasteiger partial charge on any atom is -0.482 e. The zero-order valence-corrected chi connectivity index (χ0v) is 17.4. The molecule has 1 atom stereocenters. The van der Waals surface area contributed by atoms with Crippen LogP contribution in [0, 0.1) is 6.92 Å². The van der Waals surface area contributed by atoms with E-state index in [1.54, 1.807) is 18.4 Å². The molecule has 1 unspecified atom stereocenters. The molecule has 1 aromatic carbocycles. The van der Waals surface area contributed by atoms with Gasteiger partial charge in [0, 0.05) is 12.1 Å². The van der Waals surface area contributed by atoms with Crippen molar-refractivity contribution in [3.63, 3.8) is 0 Å². The zero-order valence-electron chi connectivity index (χ0n) is 15.8. The van der Waals surface area contributed by atoms with E-state index in [0.717, 1.165) is 11.3 Å². The molecular weight excluding hydrogens is 400 g/mol. The van der Waals surface area contributed by atoms with Gasteiger partial charge in [-0.05, 0) is 49.7 Å². The Labute approximate surface area is 172 Å². The second-order valence-electron chi connectivity index (χ2n) is 6.21. The summed E-state index contributed by atoms with van der Waals surface area (Å²) in [6.45, 7) is 4.21. The van der Waals surface area contributed by atoms with Gasteiger partial charge in [-0.1, -0.05) is 23.4 Å². The number of hydrogen-bond acceptors (Lipinski definition) is 6. The molecule has 0 spiro atoms. The van der Waals surface area contributed by atoms with Gasteiger partial charge in [0.05, 0.1) is 18.6 Å². The maximum absolute atomic E-state index is 12.0. The molecule has 28 heavy (non-hydrogen) atoms. The highest BCUT2D eigenvalue weighted by molar-refractivity contribution is 7.99. The molecule has 0 aliphatic heterocycles. The number of amides is 1. The fourth-order valence-corrected chi connectivity index (χ4v) is 3.55. The summed E-state index contributed by atoms with van der Waals surface area (Å²) in [4.78, 5) is 12.0. The highest BCUT2D eigenvalue weighted by Crippen LogP contribution is 2.27. The van der Waals surface area contributed by atoms with E-state index in [-0.39, 0.29) is 17.8 Å². The number of halogens is 1. The van der Waals surface area contributed by atoms with E-state index in [0.29, 0.717) is 28.3 Å². The van der Waals surface area contributed by atoms with Crippen molar-refractivity contribution in [3.05, 3.63) is 58.8 Å². The number of rotatable bonds is 8. The standard InChI is InChI=1S/C19H21ClN4O3S/c1-12-9-14(20)6-7-16(12)27-13(2)18-22-23-19(24(18)3)28-11-17(25)21-10-15-5-4-8-26-15/h4-9,13H,10-11H2,1-3H3,(H,21,25). The van der Waals surface area contributed by atoms with Crippen LogP contribution in [0.25, 0.3) is 0 Å². The lowest BCUT2D eigenvalue weighted by atomic mass is 10.2. The van der Waals surface area contributed by atoms with Crippen LogP contribution >= 0.6 is 23.4 Å². The van der Waals surface area contributed by atoms with Crippen LogP contribution in [0.4, 0.5) is 0 Å². The summed E-state index contributed by atoms with van der Waals surface area (Å²) < 4.78 is 13.0. The minimum atomic E-state index is -0.306. The summed E-state index contributed by atoms with van der Waals surface area (Å²) in [5.74, 6) is 2.26. The Balaban J connectivity index is 1.56. The monoisotopic (exact) mass is 420 g/mol. The quantitative estimate of drug-likeness (QED) is 0.556. The van der Waals surface area contributed by atoms with Crippen molar-refractivity contribution < 1.29 is 13.9 Å². The molecular formula is C19H21ClN4O3S. The molecule has 0 fully saturated rings. The average Bonchev–Trinajstić information content (AvgIpc) is 3.30. The van der Waals surface area contributed by atoms with Crippen LogP contribution in [0.2, 0.25) is 5.02 Å². The summed E-state index contributed by atoms with van der Waals surface area (Å²) in [7, 11) is 1.85. The fraction of sp³-hybridized carbons (Fsp3) is 0.316. The predicted molar refractivity (Wildman–Crippen MR) is 108 cm³/mol. The number of aryl methyl sites for hydroxylation is 1. The Kier molecular flexibility index (Phi) is 6.64. The third-order valence-corrected chi connectivity index (χ3v) is 5.30. The summed E-state index contributed by atoms with van der Waals surface area (Å²) >= 11 is 7.30. The number of thioether (sulfide) groups is 1. The summed E-state index contributed by atoms with van der Waals surface area (Å²) in [5.41, 5.74) is 0.948. The minimum absolute atomic E-state index is 0.105. The molecule has 3 aromatic rings. The fourth-order valence-electron chi connectivity index (χ4n) is 2.57. The lowest BCUT2D eigenvalue weighted by molar-refractivity contribution is -0.118. The molecule has 0 bridgehead atoms. The van der Waals surface area contributed by atoms with Crippen LogP contribution < -0.4 is 10.1 Å². The van der Waals surface area contributed by atoms with Gasteiger partial charge < -0.3 is 19.0 Å². The molecule has 0 saturated carbocycles. The second kappa shape index (κ2) is 9.16. The SMILES string of the molecule is Cc1cc(Cl)ccc1OC(C)c1nnc(SCC(=O)NCc2ccco2)n1C. The molecule has 3 rings (SSSR count). The van der Waals surface area contributed by atoms with Gasteiger partial charge in [-0.2, -0.15) is 0 Å². The van der Waals surface area contributed by atoms with E-state index in [4.69, 9.17) is 20.8 Å². The van der Waals surface area contributed by atoms with Crippen molar-refractivity contribution >= 4 is 29.3 Å². The van der Waals surface area contributed by atoms with Gasteiger partial charge in [0.2, 0.25) is 5.91 Å². The predicted octanol–water partition coefficient (Wildman–Crippen LogP) is 3.92. The highest BCUT2D eigenvalue weighted by atomic mass is 35.5. The smallest absolute Gasteiger partial charge is 0.230 e. The molecule has 9 heteroatoms. The van der Waals surface area contributed by atoms with Crippen molar-refractivity contribution in [1.82, 2.24) is 20.1 Å². The Morgan fingerprint density at radius 3 is 2.93 bits per heavy atom. The van der Waals surface area contributed by atoms with E-state index in [9.17, 15) is 4.79 Å². The second-order valence-corrected chi connectivity index (χ2v) is 7.59. The first-order valence-electron chi connectivity index (χ1n) is 8.68.